The van der Waals surface area contributed by atoms with Gasteiger partial charge in [-0.15, -0.1) is 5.10 Å². The maximum Gasteiger partial charge on any atom is 0.377 e. The third-order valence-electron chi connectivity index (χ3n) is 2.49. The number of nitrogens with zero attached hydrogens (tertiary/aromatic N) is 4. The summed E-state index contributed by atoms with van der Waals surface area (Å²) in [7, 11) is 2.60. The Morgan fingerprint density at radius 3 is 2.75 bits per heavy atom. The Bertz CT molecular complexity index is 667. The zero-order valence-corrected chi connectivity index (χ0v) is 10.6. The topological polar surface area (TPSA) is 109 Å². The monoisotopic (exact) mass is 278 g/mol. The number of hydrogen-bond donors (Lipinski definition) is 0. The van der Waals surface area contributed by atoms with Crippen LogP contribution in [0.2, 0.25) is 0 Å². The molecular weight excluding hydrogens is 268 g/mol. The molecule has 20 heavy (non-hydrogen) atoms. The average Bonchev–Trinajstić information content (AvgIpc) is 2.95. The Balaban J connectivity index is 2.49. The fourth-order valence-corrected chi connectivity index (χ4v) is 1.53. The van der Waals surface area contributed by atoms with Crippen LogP contribution >= 0.6 is 0 Å². The second-order valence-electron chi connectivity index (χ2n) is 3.62. The Morgan fingerprint density at radius 2 is 2.15 bits per heavy atom. The molecule has 0 saturated heterocycles. The van der Waals surface area contributed by atoms with E-state index >= 15 is 0 Å². The zero-order chi connectivity index (χ0) is 14.7. The van der Waals surface area contributed by atoms with Crippen LogP contribution in [0.1, 0.15) is 10.6 Å². The normalized spacial score (nSPS) is 10.1. The van der Waals surface area contributed by atoms with Gasteiger partial charge in [0.1, 0.15) is 17.8 Å². The summed E-state index contributed by atoms with van der Waals surface area (Å²) in [5, 5.41) is 14.9. The first-order valence-corrected chi connectivity index (χ1v) is 5.39. The molecule has 0 amide bonds. The largest absolute Gasteiger partial charge is 0.496 e. The van der Waals surface area contributed by atoms with E-state index in [2.05, 4.69) is 14.8 Å². The predicted molar refractivity (Wildman–Crippen MR) is 65.9 cm³/mol. The molecule has 0 radical (unpaired) electrons. The van der Waals surface area contributed by atoms with Crippen LogP contribution in [0.4, 0.5) is 5.69 Å². The summed E-state index contributed by atoms with van der Waals surface area (Å²) in [6.07, 6.45) is 1.20. The first-order chi connectivity index (χ1) is 9.56. The van der Waals surface area contributed by atoms with Gasteiger partial charge in [0.25, 0.3) is 11.5 Å². The van der Waals surface area contributed by atoms with E-state index in [0.717, 1.165) is 4.68 Å². The minimum atomic E-state index is -0.722. The van der Waals surface area contributed by atoms with Crippen LogP contribution < -0.4 is 4.74 Å². The average molecular weight is 278 g/mol. The van der Waals surface area contributed by atoms with Gasteiger partial charge in [0.05, 0.1) is 25.2 Å². The number of aromatic nitrogens is 3. The highest BCUT2D eigenvalue weighted by molar-refractivity contribution is 5.84. The number of methoxy groups -OCH3 is 2. The quantitative estimate of drug-likeness (QED) is 0.465. The van der Waals surface area contributed by atoms with Gasteiger partial charge in [0.15, 0.2) is 0 Å². The Hall–Kier alpha value is -2.97. The molecule has 0 unspecified atom stereocenters. The Morgan fingerprint density at radius 1 is 1.40 bits per heavy atom. The van der Waals surface area contributed by atoms with Crippen molar-refractivity contribution in [3.63, 3.8) is 0 Å². The van der Waals surface area contributed by atoms with Gasteiger partial charge in [-0.1, -0.05) is 0 Å². The molecule has 9 heteroatoms. The molecule has 2 rings (SSSR count). The van der Waals surface area contributed by atoms with E-state index < -0.39 is 10.9 Å². The maximum absolute atomic E-state index is 11.3. The molecule has 9 nitrogen and oxygen atoms in total. The molecule has 0 N–H and O–H groups in total. The fraction of sp³-hybridized carbons (Fsp3) is 0.182. The molecule has 0 aliphatic rings. The summed E-state index contributed by atoms with van der Waals surface area (Å²) in [5.74, 6) is -0.564. The van der Waals surface area contributed by atoms with E-state index in [-0.39, 0.29) is 17.2 Å². The van der Waals surface area contributed by atoms with Crippen molar-refractivity contribution in [1.29, 1.82) is 0 Å². The van der Waals surface area contributed by atoms with Crippen molar-refractivity contribution in [2.75, 3.05) is 14.2 Å². The van der Waals surface area contributed by atoms with Crippen molar-refractivity contribution < 1.29 is 19.2 Å². The van der Waals surface area contributed by atoms with E-state index in [9.17, 15) is 14.9 Å². The lowest BCUT2D eigenvalue weighted by Gasteiger charge is -2.04. The molecular formula is C11H10N4O5. The standard InChI is InChI=1S/C11H10N4O5/c1-19-7-3-4-8(9(5-7)15(17)18)14-6-12-10(13-14)11(16)20-2/h3-6H,1-2H3. The lowest BCUT2D eigenvalue weighted by molar-refractivity contribution is -0.384. The molecule has 1 aromatic carbocycles. The van der Waals surface area contributed by atoms with E-state index in [1.807, 2.05) is 0 Å². The molecule has 0 aliphatic heterocycles. The van der Waals surface area contributed by atoms with Crippen molar-refractivity contribution >= 4 is 11.7 Å². The van der Waals surface area contributed by atoms with Crippen LogP contribution in [0, 0.1) is 10.1 Å². The number of nitro benzene ring substituents is 1. The van der Waals surface area contributed by atoms with Gasteiger partial charge in [-0.2, -0.15) is 0 Å². The molecule has 1 aromatic heterocycles. The molecule has 1 heterocycles. The summed E-state index contributed by atoms with van der Waals surface area (Å²) < 4.78 is 10.5. The molecule has 0 bridgehead atoms. The van der Waals surface area contributed by atoms with Crippen LogP contribution in [-0.4, -0.2) is 39.9 Å². The number of carbonyl (C=O) groups is 1. The molecule has 0 aliphatic carbocycles. The van der Waals surface area contributed by atoms with Gasteiger partial charge < -0.3 is 9.47 Å². The first-order valence-electron chi connectivity index (χ1n) is 5.39. The Labute approximate surface area is 112 Å². The van der Waals surface area contributed by atoms with Crippen LogP contribution in [0.25, 0.3) is 5.69 Å². The molecule has 2 aromatic rings. The molecule has 104 valence electrons. The molecule has 0 spiro atoms. The van der Waals surface area contributed by atoms with Crippen molar-refractivity contribution in [3.8, 4) is 11.4 Å². The highest BCUT2D eigenvalue weighted by Crippen LogP contribution is 2.27. The van der Waals surface area contributed by atoms with E-state index in [4.69, 9.17) is 4.74 Å². The van der Waals surface area contributed by atoms with Gasteiger partial charge in [-0.05, 0) is 12.1 Å². The second kappa shape index (κ2) is 5.34. The van der Waals surface area contributed by atoms with E-state index in [1.54, 1.807) is 6.07 Å². The van der Waals surface area contributed by atoms with Crippen molar-refractivity contribution in [3.05, 3.63) is 40.5 Å². The van der Waals surface area contributed by atoms with Crippen molar-refractivity contribution in [1.82, 2.24) is 14.8 Å². The van der Waals surface area contributed by atoms with Gasteiger partial charge in [0, 0.05) is 0 Å². The predicted octanol–water partition coefficient (Wildman–Crippen LogP) is 0.971. The number of ether oxygens (including phenoxy) is 2. The van der Waals surface area contributed by atoms with Crippen molar-refractivity contribution in [2.45, 2.75) is 0 Å². The molecule has 0 atom stereocenters. The minimum Gasteiger partial charge on any atom is -0.496 e. The summed E-state index contributed by atoms with van der Waals surface area (Å²) in [6, 6.07) is 4.25. The van der Waals surface area contributed by atoms with Crippen LogP contribution in [-0.2, 0) is 4.74 Å². The number of benzene rings is 1. The van der Waals surface area contributed by atoms with E-state index in [1.165, 1.54) is 32.7 Å². The fourth-order valence-electron chi connectivity index (χ4n) is 1.53. The number of rotatable bonds is 4. The summed E-state index contributed by atoms with van der Waals surface area (Å²) >= 11 is 0. The van der Waals surface area contributed by atoms with Gasteiger partial charge >= 0.3 is 5.97 Å². The number of hydrogen-bond acceptors (Lipinski definition) is 7. The zero-order valence-electron chi connectivity index (χ0n) is 10.6. The summed E-state index contributed by atoms with van der Waals surface area (Å²) in [5.41, 5.74) is -0.0517. The molecule has 0 saturated carbocycles. The highest BCUT2D eigenvalue weighted by atomic mass is 16.6. The van der Waals surface area contributed by atoms with Crippen LogP contribution in [0.3, 0.4) is 0 Å². The van der Waals surface area contributed by atoms with Gasteiger partial charge in [-0.25, -0.2) is 14.5 Å². The lowest BCUT2D eigenvalue weighted by Crippen LogP contribution is -2.06. The Kier molecular flexibility index (Phi) is 3.60. The summed E-state index contributed by atoms with van der Waals surface area (Å²) in [4.78, 5) is 25.5. The third kappa shape index (κ3) is 2.41. The third-order valence-corrected chi connectivity index (χ3v) is 2.49. The highest BCUT2D eigenvalue weighted by Gasteiger charge is 2.19. The van der Waals surface area contributed by atoms with Gasteiger partial charge in [0.2, 0.25) is 0 Å². The SMILES string of the molecule is COC(=O)c1ncn(-c2ccc(OC)cc2[N+](=O)[O-])n1. The molecule has 0 fully saturated rings. The van der Waals surface area contributed by atoms with Crippen LogP contribution in [0.5, 0.6) is 5.75 Å². The first kappa shape index (κ1) is 13.5. The number of esters is 1. The lowest BCUT2D eigenvalue weighted by atomic mass is 10.2. The smallest absolute Gasteiger partial charge is 0.377 e. The van der Waals surface area contributed by atoms with E-state index in [0.29, 0.717) is 5.75 Å². The maximum atomic E-state index is 11.3. The second-order valence-corrected chi connectivity index (χ2v) is 3.62. The number of carbonyl (C=O) groups excluding carboxylic acids is 1. The van der Waals surface area contributed by atoms with Gasteiger partial charge in [-0.3, -0.25) is 10.1 Å². The van der Waals surface area contributed by atoms with Crippen LogP contribution in [0.15, 0.2) is 24.5 Å². The van der Waals surface area contributed by atoms with Crippen molar-refractivity contribution in [2.24, 2.45) is 0 Å². The number of nitro groups is 1. The summed E-state index contributed by atoms with van der Waals surface area (Å²) in [6.45, 7) is 0. The minimum absolute atomic E-state index is 0.165.